The van der Waals surface area contributed by atoms with Gasteiger partial charge in [0, 0.05) is 0 Å². The van der Waals surface area contributed by atoms with Crippen molar-refractivity contribution in [3.05, 3.63) is 45.3 Å². The number of ether oxygens (including phenoxy) is 2. The minimum absolute atomic E-state index is 0.00985. The summed E-state index contributed by atoms with van der Waals surface area (Å²) in [7, 11) is 1.43. The minimum Gasteiger partial charge on any atom is -0.493 e. The molecule has 8 heteroatoms. The lowest BCUT2D eigenvalue weighted by Gasteiger charge is -2.13. The van der Waals surface area contributed by atoms with E-state index in [0.29, 0.717) is 12.0 Å². The van der Waals surface area contributed by atoms with E-state index in [1.807, 2.05) is 0 Å². The van der Waals surface area contributed by atoms with Crippen LogP contribution >= 0.6 is 23.2 Å². The number of nitrogens with zero attached hydrogens (tertiary/aromatic N) is 2. The van der Waals surface area contributed by atoms with E-state index in [1.165, 1.54) is 13.3 Å². The Morgan fingerprint density at radius 3 is 2.76 bits per heavy atom. The highest BCUT2D eigenvalue weighted by atomic mass is 35.5. The molecule has 0 amide bonds. The number of halogens is 2. The Labute approximate surface area is 129 Å². The third-order valence-corrected chi connectivity index (χ3v) is 3.21. The van der Waals surface area contributed by atoms with Crippen molar-refractivity contribution in [2.24, 2.45) is 0 Å². The minimum atomic E-state index is -0.591. The number of benzene rings is 1. The van der Waals surface area contributed by atoms with Crippen molar-refractivity contribution in [3.8, 4) is 17.2 Å². The van der Waals surface area contributed by atoms with Gasteiger partial charge in [0.2, 0.25) is 0 Å². The van der Waals surface area contributed by atoms with E-state index < -0.39 is 5.56 Å². The van der Waals surface area contributed by atoms with Crippen LogP contribution in [0.3, 0.4) is 0 Å². The molecule has 0 saturated carbocycles. The van der Waals surface area contributed by atoms with Crippen LogP contribution in [-0.4, -0.2) is 23.2 Å². The molecule has 0 aliphatic carbocycles. The molecule has 2 rings (SSSR count). The molecule has 6 nitrogen and oxygen atoms in total. The summed E-state index contributed by atoms with van der Waals surface area (Å²) < 4.78 is 11.6. The molecule has 110 valence electrons. The van der Waals surface area contributed by atoms with Crippen LogP contribution in [0.2, 0.25) is 5.02 Å². The number of hydrogen-bond donors (Lipinski definition) is 0. The molecule has 1 aromatic heterocycles. The summed E-state index contributed by atoms with van der Waals surface area (Å²) in [6, 6.07) is 4.67. The lowest BCUT2D eigenvalue weighted by Crippen LogP contribution is -2.21. The van der Waals surface area contributed by atoms with E-state index in [1.54, 1.807) is 18.2 Å². The Bertz CT molecular complexity index is 731. The van der Waals surface area contributed by atoms with Crippen molar-refractivity contribution in [1.29, 1.82) is 0 Å². The maximum absolute atomic E-state index is 11.8. The van der Waals surface area contributed by atoms with Gasteiger partial charge in [0.25, 0.3) is 5.56 Å². The molecule has 2 aromatic rings. The summed E-state index contributed by atoms with van der Waals surface area (Å²) in [6.07, 6.45) is 1.85. The van der Waals surface area contributed by atoms with Crippen LogP contribution in [0.1, 0.15) is 10.4 Å². The molecule has 0 radical (unpaired) electrons. The quantitative estimate of drug-likeness (QED) is 0.623. The number of hydrogen-bond acceptors (Lipinski definition) is 5. The van der Waals surface area contributed by atoms with E-state index in [2.05, 4.69) is 5.10 Å². The van der Waals surface area contributed by atoms with Crippen molar-refractivity contribution in [3.63, 3.8) is 0 Å². The number of para-hydroxylation sites is 1. The van der Waals surface area contributed by atoms with Gasteiger partial charge in [-0.05, 0) is 12.1 Å². The van der Waals surface area contributed by atoms with Crippen LogP contribution in [0.5, 0.6) is 17.2 Å². The monoisotopic (exact) mass is 328 g/mol. The smallest absolute Gasteiger partial charge is 0.290 e. The van der Waals surface area contributed by atoms with Gasteiger partial charge in [-0.15, -0.1) is 11.6 Å². The van der Waals surface area contributed by atoms with Crippen molar-refractivity contribution in [2.45, 2.75) is 6.00 Å². The van der Waals surface area contributed by atoms with Crippen molar-refractivity contribution < 1.29 is 14.3 Å². The second-order valence-corrected chi connectivity index (χ2v) is 4.46. The molecule has 0 aliphatic rings. The van der Waals surface area contributed by atoms with Gasteiger partial charge in [-0.2, -0.15) is 5.10 Å². The zero-order valence-electron chi connectivity index (χ0n) is 10.9. The molecule has 0 saturated heterocycles. The summed E-state index contributed by atoms with van der Waals surface area (Å²) in [4.78, 5) is 22.9. The van der Waals surface area contributed by atoms with Crippen LogP contribution in [-0.2, 0) is 6.00 Å². The van der Waals surface area contributed by atoms with Gasteiger partial charge in [-0.1, -0.05) is 17.7 Å². The van der Waals surface area contributed by atoms with E-state index >= 15 is 0 Å². The molecule has 0 N–H and O–H groups in total. The van der Waals surface area contributed by atoms with Crippen LogP contribution in [0.25, 0.3) is 0 Å². The first-order valence-corrected chi connectivity index (χ1v) is 6.65. The summed E-state index contributed by atoms with van der Waals surface area (Å²) in [5, 5.41) is 3.61. The standard InChI is InChI=1S/C13H10Cl2N2O4/c1-20-9-4-2-3-8(6-18)12(9)21-10-5-16-17(7-14)13(19)11(10)15/h2-6H,7H2,1H3. The number of carbonyl (C=O) groups is 1. The van der Waals surface area contributed by atoms with Crippen LogP contribution in [0.15, 0.2) is 29.2 Å². The van der Waals surface area contributed by atoms with Crippen molar-refractivity contribution in [1.82, 2.24) is 9.78 Å². The summed E-state index contributed by atoms with van der Waals surface area (Å²) in [5.41, 5.74) is -0.335. The fourth-order valence-electron chi connectivity index (χ4n) is 1.61. The Kier molecular flexibility index (Phi) is 4.82. The predicted octanol–water partition coefficient (Wildman–Crippen LogP) is 2.71. The van der Waals surface area contributed by atoms with Gasteiger partial charge in [0.15, 0.2) is 28.6 Å². The highest BCUT2D eigenvalue weighted by Crippen LogP contribution is 2.35. The van der Waals surface area contributed by atoms with Crippen LogP contribution in [0, 0.1) is 0 Å². The average Bonchev–Trinajstić information content (AvgIpc) is 2.52. The Balaban J connectivity index is 2.50. The molecule has 1 aromatic carbocycles. The maximum atomic E-state index is 11.8. The molecule has 21 heavy (non-hydrogen) atoms. The fraction of sp³-hybridized carbons (Fsp3) is 0.154. The topological polar surface area (TPSA) is 70.4 Å². The zero-order chi connectivity index (χ0) is 15.4. The van der Waals surface area contributed by atoms with Crippen molar-refractivity contribution in [2.75, 3.05) is 7.11 Å². The van der Waals surface area contributed by atoms with E-state index in [0.717, 1.165) is 4.68 Å². The first-order valence-electron chi connectivity index (χ1n) is 5.74. The predicted molar refractivity (Wildman–Crippen MR) is 77.8 cm³/mol. The molecule has 0 unspecified atom stereocenters. The van der Waals surface area contributed by atoms with Gasteiger partial charge >= 0.3 is 0 Å². The average molecular weight is 329 g/mol. The number of carbonyl (C=O) groups excluding carboxylic acids is 1. The number of rotatable bonds is 5. The molecule has 0 fully saturated rings. The lowest BCUT2D eigenvalue weighted by molar-refractivity contribution is 0.112. The van der Waals surface area contributed by atoms with Crippen molar-refractivity contribution >= 4 is 29.5 Å². The molecule has 0 bridgehead atoms. The third kappa shape index (κ3) is 3.01. The first-order chi connectivity index (χ1) is 10.1. The fourth-order valence-corrected chi connectivity index (χ4v) is 1.97. The Morgan fingerprint density at radius 1 is 1.38 bits per heavy atom. The number of aromatic nitrogens is 2. The van der Waals surface area contributed by atoms with Crippen LogP contribution < -0.4 is 15.0 Å². The van der Waals surface area contributed by atoms with E-state index in [9.17, 15) is 9.59 Å². The second-order valence-electron chi connectivity index (χ2n) is 3.85. The Hall–Kier alpha value is -2.05. The molecule has 1 heterocycles. The Morgan fingerprint density at radius 2 is 2.14 bits per heavy atom. The normalized spacial score (nSPS) is 10.2. The number of aldehydes is 1. The van der Waals surface area contributed by atoms with Gasteiger partial charge in [-0.25, -0.2) is 4.68 Å². The lowest BCUT2D eigenvalue weighted by atomic mass is 10.2. The molecule has 0 atom stereocenters. The molecular formula is C13H10Cl2N2O4. The maximum Gasteiger partial charge on any atom is 0.290 e. The largest absolute Gasteiger partial charge is 0.493 e. The van der Waals surface area contributed by atoms with Gasteiger partial charge in [-0.3, -0.25) is 9.59 Å². The highest BCUT2D eigenvalue weighted by Gasteiger charge is 2.16. The first kappa shape index (κ1) is 15.3. The summed E-state index contributed by atoms with van der Waals surface area (Å²) in [5.74, 6) is 0.495. The highest BCUT2D eigenvalue weighted by molar-refractivity contribution is 6.31. The SMILES string of the molecule is COc1cccc(C=O)c1Oc1cnn(CCl)c(=O)c1Cl. The van der Waals surface area contributed by atoms with Gasteiger partial charge in [0.05, 0.1) is 18.9 Å². The summed E-state index contributed by atoms with van der Waals surface area (Å²) >= 11 is 11.5. The number of alkyl halides is 1. The molecule has 0 spiro atoms. The summed E-state index contributed by atoms with van der Waals surface area (Å²) in [6.45, 7) is 0. The number of methoxy groups -OCH3 is 1. The van der Waals surface area contributed by atoms with Crippen LogP contribution in [0.4, 0.5) is 0 Å². The third-order valence-electron chi connectivity index (χ3n) is 2.63. The van der Waals surface area contributed by atoms with Gasteiger partial charge < -0.3 is 9.47 Å². The molecular weight excluding hydrogens is 319 g/mol. The van der Waals surface area contributed by atoms with Gasteiger partial charge in [0.1, 0.15) is 6.00 Å². The second kappa shape index (κ2) is 6.60. The van der Waals surface area contributed by atoms with E-state index in [4.69, 9.17) is 32.7 Å². The zero-order valence-corrected chi connectivity index (χ0v) is 12.4. The molecule has 0 aliphatic heterocycles. The van der Waals surface area contributed by atoms with E-state index in [-0.39, 0.29) is 28.1 Å².